The highest BCUT2D eigenvalue weighted by molar-refractivity contribution is 6.08. The minimum Gasteiger partial charge on any atom is -0.496 e. The first-order chi connectivity index (χ1) is 14.1. The van der Waals surface area contributed by atoms with Crippen LogP contribution in [0.5, 0.6) is 5.75 Å². The van der Waals surface area contributed by atoms with E-state index in [1.807, 2.05) is 13.8 Å². The van der Waals surface area contributed by atoms with Crippen LogP contribution >= 0.6 is 0 Å². The van der Waals surface area contributed by atoms with Gasteiger partial charge in [-0.05, 0) is 59.2 Å². The highest BCUT2D eigenvalue weighted by Gasteiger charge is 2.33. The molecule has 0 spiro atoms. The van der Waals surface area contributed by atoms with Gasteiger partial charge in [-0.25, -0.2) is 4.79 Å². The summed E-state index contributed by atoms with van der Waals surface area (Å²) in [5.41, 5.74) is 2.15. The molecule has 30 heavy (non-hydrogen) atoms. The van der Waals surface area contributed by atoms with Gasteiger partial charge < -0.3 is 19.4 Å². The summed E-state index contributed by atoms with van der Waals surface area (Å²) >= 11 is 0. The van der Waals surface area contributed by atoms with Crippen molar-refractivity contribution < 1.29 is 23.9 Å². The molecule has 0 aliphatic heterocycles. The van der Waals surface area contributed by atoms with Crippen LogP contribution in [-0.2, 0) is 4.74 Å². The number of para-hydroxylation sites is 1. The van der Waals surface area contributed by atoms with Crippen molar-refractivity contribution >= 4 is 17.7 Å². The highest BCUT2D eigenvalue weighted by Crippen LogP contribution is 2.26. The third-order valence-electron chi connectivity index (χ3n) is 5.09. The first-order valence-electron chi connectivity index (χ1n) is 10.0. The lowest BCUT2D eigenvalue weighted by Gasteiger charge is -2.32. The third kappa shape index (κ3) is 4.40. The summed E-state index contributed by atoms with van der Waals surface area (Å²) in [4.78, 5) is 43.4. The van der Waals surface area contributed by atoms with Gasteiger partial charge in [0.05, 0.1) is 25.3 Å². The quantitative estimate of drug-likeness (QED) is 0.522. The molecular formula is C23H30N2O5. The van der Waals surface area contributed by atoms with Crippen LogP contribution < -0.4 is 4.74 Å². The lowest BCUT2D eigenvalue weighted by molar-refractivity contribution is 0.0518. The topological polar surface area (TPSA) is 88.7 Å². The van der Waals surface area contributed by atoms with E-state index >= 15 is 0 Å². The molecule has 162 valence electrons. The fourth-order valence-electron chi connectivity index (χ4n) is 3.68. The van der Waals surface area contributed by atoms with Crippen molar-refractivity contribution in [2.75, 3.05) is 13.7 Å². The Hall–Kier alpha value is -3.09. The first-order valence-corrected chi connectivity index (χ1v) is 10.0. The second-order valence-corrected chi connectivity index (χ2v) is 7.39. The largest absolute Gasteiger partial charge is 0.496 e. The van der Waals surface area contributed by atoms with E-state index in [2.05, 4.69) is 4.98 Å². The van der Waals surface area contributed by atoms with E-state index in [1.54, 1.807) is 52.0 Å². The van der Waals surface area contributed by atoms with Gasteiger partial charge in [-0.15, -0.1) is 0 Å². The molecule has 1 aromatic carbocycles. The zero-order chi connectivity index (χ0) is 22.6. The summed E-state index contributed by atoms with van der Waals surface area (Å²) < 4.78 is 10.4. The SMILES string of the molecule is CCOC(=O)c1[nH]c(C)c(C(=O)C(C)N(C(=O)c2ccccc2OC)C(C)C)c1C. The average Bonchev–Trinajstić information content (AvgIpc) is 3.01. The van der Waals surface area contributed by atoms with Crippen LogP contribution in [0.3, 0.4) is 0 Å². The number of hydrogen-bond acceptors (Lipinski definition) is 5. The number of rotatable bonds is 8. The van der Waals surface area contributed by atoms with Gasteiger partial charge in [-0.2, -0.15) is 0 Å². The van der Waals surface area contributed by atoms with Crippen molar-refractivity contribution in [3.63, 3.8) is 0 Å². The number of hydrogen-bond donors (Lipinski definition) is 1. The van der Waals surface area contributed by atoms with Gasteiger partial charge in [0, 0.05) is 17.3 Å². The van der Waals surface area contributed by atoms with E-state index in [1.165, 1.54) is 12.0 Å². The van der Waals surface area contributed by atoms with Crippen molar-refractivity contribution in [3.05, 3.63) is 52.3 Å². The number of aryl methyl sites for hydroxylation is 1. The number of H-pyrrole nitrogens is 1. The first kappa shape index (κ1) is 23.2. The number of nitrogens with zero attached hydrogens (tertiary/aromatic N) is 1. The molecule has 0 radical (unpaired) electrons. The Kier molecular flexibility index (Phi) is 7.43. The number of methoxy groups -OCH3 is 1. The van der Waals surface area contributed by atoms with E-state index in [9.17, 15) is 14.4 Å². The summed E-state index contributed by atoms with van der Waals surface area (Å²) in [6.07, 6.45) is 0. The number of benzene rings is 1. The molecule has 1 unspecified atom stereocenters. The third-order valence-corrected chi connectivity index (χ3v) is 5.09. The fraction of sp³-hybridized carbons (Fsp3) is 0.435. The number of aromatic nitrogens is 1. The Morgan fingerprint density at radius 2 is 1.73 bits per heavy atom. The number of esters is 1. The van der Waals surface area contributed by atoms with Crippen LogP contribution in [0, 0.1) is 13.8 Å². The predicted octanol–water partition coefficient (Wildman–Crippen LogP) is 3.94. The monoisotopic (exact) mass is 414 g/mol. The molecule has 1 N–H and O–H groups in total. The molecule has 2 rings (SSSR count). The fourth-order valence-corrected chi connectivity index (χ4v) is 3.68. The Balaban J connectivity index is 2.43. The minimum absolute atomic E-state index is 0.231. The maximum atomic E-state index is 13.4. The van der Waals surface area contributed by atoms with Crippen LogP contribution in [-0.4, -0.2) is 53.3 Å². The van der Waals surface area contributed by atoms with E-state index in [4.69, 9.17) is 9.47 Å². The Bertz CT molecular complexity index is 945. The number of ketones is 1. The van der Waals surface area contributed by atoms with Crippen molar-refractivity contribution in [2.45, 2.75) is 53.6 Å². The van der Waals surface area contributed by atoms with Crippen LogP contribution in [0.1, 0.15) is 70.2 Å². The van der Waals surface area contributed by atoms with Crippen LogP contribution in [0.15, 0.2) is 24.3 Å². The van der Waals surface area contributed by atoms with Crippen molar-refractivity contribution in [3.8, 4) is 5.75 Å². The molecule has 1 amide bonds. The number of Topliss-reactive ketones (excluding diaryl/α,β-unsaturated/α-hetero) is 1. The zero-order valence-electron chi connectivity index (χ0n) is 18.7. The minimum atomic E-state index is -0.745. The van der Waals surface area contributed by atoms with Crippen molar-refractivity contribution in [2.24, 2.45) is 0 Å². The molecule has 7 nitrogen and oxygen atoms in total. The Morgan fingerprint density at radius 3 is 2.30 bits per heavy atom. The molecule has 1 heterocycles. The summed E-state index contributed by atoms with van der Waals surface area (Å²) in [7, 11) is 1.50. The van der Waals surface area contributed by atoms with Crippen molar-refractivity contribution in [1.29, 1.82) is 0 Å². The van der Waals surface area contributed by atoms with Gasteiger partial charge in [0.25, 0.3) is 5.91 Å². The predicted molar refractivity (Wildman–Crippen MR) is 114 cm³/mol. The summed E-state index contributed by atoms with van der Waals surface area (Å²) in [6.45, 7) is 10.8. The number of amides is 1. The molecule has 0 aliphatic carbocycles. The Morgan fingerprint density at radius 1 is 1.10 bits per heavy atom. The average molecular weight is 415 g/mol. The standard InChI is InChI=1S/C23H30N2O5/c1-8-30-23(28)20-14(4)19(15(5)24-20)21(26)16(6)25(13(2)3)22(27)17-11-9-10-12-18(17)29-7/h9-13,16,24H,8H2,1-7H3. The summed E-state index contributed by atoms with van der Waals surface area (Å²) in [5, 5.41) is 0. The van der Waals surface area contributed by atoms with E-state index in [0.717, 1.165) is 0 Å². The highest BCUT2D eigenvalue weighted by atomic mass is 16.5. The molecule has 1 aromatic heterocycles. The van der Waals surface area contributed by atoms with Gasteiger partial charge in [-0.3, -0.25) is 9.59 Å². The molecule has 1 atom stereocenters. The van der Waals surface area contributed by atoms with Gasteiger partial charge in [0.2, 0.25) is 0 Å². The van der Waals surface area contributed by atoms with Gasteiger partial charge >= 0.3 is 5.97 Å². The zero-order valence-corrected chi connectivity index (χ0v) is 18.7. The van der Waals surface area contributed by atoms with E-state index in [-0.39, 0.29) is 30.0 Å². The molecule has 0 bridgehead atoms. The van der Waals surface area contributed by atoms with Gasteiger partial charge in [0.15, 0.2) is 5.78 Å². The normalized spacial score (nSPS) is 11.9. The molecule has 0 saturated heterocycles. The smallest absolute Gasteiger partial charge is 0.355 e. The maximum Gasteiger partial charge on any atom is 0.355 e. The number of carbonyl (C=O) groups is 3. The number of ether oxygens (including phenoxy) is 2. The lowest BCUT2D eigenvalue weighted by atomic mass is 9.98. The molecule has 0 saturated carbocycles. The van der Waals surface area contributed by atoms with E-state index < -0.39 is 12.0 Å². The summed E-state index contributed by atoms with van der Waals surface area (Å²) in [5.74, 6) is -0.587. The lowest BCUT2D eigenvalue weighted by Crippen LogP contribution is -2.47. The van der Waals surface area contributed by atoms with Crippen LogP contribution in [0.4, 0.5) is 0 Å². The number of nitrogens with one attached hydrogen (secondary N) is 1. The van der Waals surface area contributed by atoms with Crippen LogP contribution in [0.25, 0.3) is 0 Å². The molecule has 0 aliphatic rings. The second kappa shape index (κ2) is 9.61. The molecule has 7 heteroatoms. The maximum absolute atomic E-state index is 13.4. The Labute approximate surface area is 177 Å². The van der Waals surface area contributed by atoms with Crippen LogP contribution in [0.2, 0.25) is 0 Å². The number of carbonyl (C=O) groups excluding carboxylic acids is 3. The van der Waals surface area contributed by atoms with Gasteiger partial charge in [-0.1, -0.05) is 12.1 Å². The number of aromatic amines is 1. The van der Waals surface area contributed by atoms with Crippen molar-refractivity contribution in [1.82, 2.24) is 9.88 Å². The summed E-state index contributed by atoms with van der Waals surface area (Å²) in [6, 6.07) is 5.96. The van der Waals surface area contributed by atoms with Gasteiger partial charge in [0.1, 0.15) is 11.4 Å². The van der Waals surface area contributed by atoms with E-state index in [0.29, 0.717) is 28.1 Å². The molecular weight excluding hydrogens is 384 g/mol. The second-order valence-electron chi connectivity index (χ2n) is 7.39. The molecule has 2 aromatic rings. The molecule has 0 fully saturated rings.